The van der Waals surface area contributed by atoms with E-state index in [4.69, 9.17) is 4.74 Å². The molecule has 0 bridgehead atoms. The smallest absolute Gasteiger partial charge is 0.0477 e. The van der Waals surface area contributed by atoms with Crippen LogP contribution >= 0.6 is 11.8 Å². The first kappa shape index (κ1) is 15.5. The standard InChI is InChI=1S/C15H25NOS/c1-3-17-11-7-10-16-12-14(2)18-13-15-8-5-4-6-9-15/h4-6,8-9,14,16H,3,7,10-13H2,1-2H3. The molecule has 0 saturated carbocycles. The molecule has 0 aliphatic carbocycles. The van der Waals surface area contributed by atoms with E-state index in [0.29, 0.717) is 5.25 Å². The number of ether oxygens (including phenoxy) is 1. The molecule has 1 aromatic carbocycles. The molecule has 0 aliphatic rings. The van der Waals surface area contributed by atoms with Gasteiger partial charge in [0, 0.05) is 30.8 Å². The van der Waals surface area contributed by atoms with E-state index in [0.717, 1.165) is 38.5 Å². The molecule has 1 rings (SSSR count). The van der Waals surface area contributed by atoms with Gasteiger partial charge < -0.3 is 10.1 Å². The lowest BCUT2D eigenvalue weighted by Crippen LogP contribution is -2.24. The molecule has 0 fully saturated rings. The van der Waals surface area contributed by atoms with Crippen LogP contribution in [-0.2, 0) is 10.5 Å². The van der Waals surface area contributed by atoms with Gasteiger partial charge in [0.05, 0.1) is 0 Å². The fraction of sp³-hybridized carbons (Fsp3) is 0.600. The van der Waals surface area contributed by atoms with Crippen LogP contribution in [0.1, 0.15) is 25.8 Å². The van der Waals surface area contributed by atoms with Crippen LogP contribution in [0.3, 0.4) is 0 Å². The average Bonchev–Trinajstić information content (AvgIpc) is 2.41. The Bertz CT molecular complexity index is 292. The second-order valence-electron chi connectivity index (χ2n) is 4.36. The monoisotopic (exact) mass is 267 g/mol. The lowest BCUT2D eigenvalue weighted by atomic mass is 10.2. The van der Waals surface area contributed by atoms with Crippen LogP contribution in [0, 0.1) is 0 Å². The van der Waals surface area contributed by atoms with E-state index in [1.54, 1.807) is 0 Å². The van der Waals surface area contributed by atoms with Crippen molar-refractivity contribution in [2.75, 3.05) is 26.3 Å². The summed E-state index contributed by atoms with van der Waals surface area (Å²) in [5.41, 5.74) is 1.41. The number of hydrogen-bond acceptors (Lipinski definition) is 3. The minimum atomic E-state index is 0.650. The summed E-state index contributed by atoms with van der Waals surface area (Å²) in [4.78, 5) is 0. The van der Waals surface area contributed by atoms with E-state index in [9.17, 15) is 0 Å². The maximum atomic E-state index is 5.30. The largest absolute Gasteiger partial charge is 0.382 e. The summed E-state index contributed by atoms with van der Waals surface area (Å²) in [7, 11) is 0. The van der Waals surface area contributed by atoms with E-state index >= 15 is 0 Å². The van der Waals surface area contributed by atoms with E-state index in [-0.39, 0.29) is 0 Å². The highest BCUT2D eigenvalue weighted by Crippen LogP contribution is 2.16. The molecule has 0 aromatic heterocycles. The molecule has 2 nitrogen and oxygen atoms in total. The highest BCUT2D eigenvalue weighted by Gasteiger charge is 2.02. The van der Waals surface area contributed by atoms with Crippen molar-refractivity contribution in [2.24, 2.45) is 0 Å². The zero-order valence-corrected chi connectivity index (χ0v) is 12.3. The van der Waals surface area contributed by atoms with Gasteiger partial charge >= 0.3 is 0 Å². The first-order chi connectivity index (χ1) is 8.83. The normalized spacial score (nSPS) is 12.6. The van der Waals surface area contributed by atoms with Gasteiger partial charge in [-0.15, -0.1) is 0 Å². The Hall–Kier alpha value is -0.510. The maximum absolute atomic E-state index is 5.30. The number of benzene rings is 1. The van der Waals surface area contributed by atoms with Crippen molar-refractivity contribution < 1.29 is 4.74 Å². The molecular weight excluding hydrogens is 242 g/mol. The van der Waals surface area contributed by atoms with Crippen LogP contribution in [-0.4, -0.2) is 31.6 Å². The van der Waals surface area contributed by atoms with E-state index < -0.39 is 0 Å². The zero-order chi connectivity index (χ0) is 13.1. The molecule has 18 heavy (non-hydrogen) atoms. The van der Waals surface area contributed by atoms with Gasteiger partial charge in [-0.25, -0.2) is 0 Å². The molecule has 1 atom stereocenters. The van der Waals surface area contributed by atoms with Crippen LogP contribution in [0.15, 0.2) is 30.3 Å². The molecule has 0 aliphatic heterocycles. The van der Waals surface area contributed by atoms with Crippen LogP contribution < -0.4 is 5.32 Å². The highest BCUT2D eigenvalue weighted by molar-refractivity contribution is 7.99. The van der Waals surface area contributed by atoms with Gasteiger partial charge in [-0.2, -0.15) is 11.8 Å². The Morgan fingerprint density at radius 2 is 2.06 bits per heavy atom. The molecule has 0 radical (unpaired) electrons. The summed E-state index contributed by atoms with van der Waals surface area (Å²) in [5, 5.41) is 4.13. The number of hydrogen-bond donors (Lipinski definition) is 1. The second-order valence-corrected chi connectivity index (χ2v) is 5.79. The molecule has 0 heterocycles. The van der Waals surface area contributed by atoms with Crippen molar-refractivity contribution in [3.05, 3.63) is 35.9 Å². The number of nitrogens with one attached hydrogen (secondary N) is 1. The molecule has 1 N–H and O–H groups in total. The van der Waals surface area contributed by atoms with Crippen LogP contribution in [0.5, 0.6) is 0 Å². The van der Waals surface area contributed by atoms with Crippen molar-refractivity contribution in [1.29, 1.82) is 0 Å². The lowest BCUT2D eigenvalue weighted by Gasteiger charge is -2.12. The first-order valence-corrected chi connectivity index (χ1v) is 7.81. The number of thioether (sulfide) groups is 1. The summed E-state index contributed by atoms with van der Waals surface area (Å²) >= 11 is 2.00. The molecule has 0 spiro atoms. The SMILES string of the molecule is CCOCCCNCC(C)SCc1ccccc1. The minimum Gasteiger partial charge on any atom is -0.382 e. The fourth-order valence-corrected chi connectivity index (χ4v) is 2.53. The second kappa shape index (κ2) is 10.4. The van der Waals surface area contributed by atoms with Gasteiger partial charge in [0.1, 0.15) is 0 Å². The Balaban J connectivity index is 1.99. The van der Waals surface area contributed by atoms with E-state index in [2.05, 4.69) is 42.6 Å². The summed E-state index contributed by atoms with van der Waals surface area (Å²) in [6.45, 7) is 8.14. The predicted octanol–water partition coefficient (Wildman–Crippen LogP) is 3.32. The van der Waals surface area contributed by atoms with Crippen molar-refractivity contribution >= 4 is 11.8 Å². The molecule has 0 saturated heterocycles. The quantitative estimate of drug-likeness (QED) is 0.657. The van der Waals surface area contributed by atoms with Gasteiger partial charge in [-0.1, -0.05) is 37.3 Å². The summed E-state index contributed by atoms with van der Waals surface area (Å²) in [6.07, 6.45) is 1.10. The topological polar surface area (TPSA) is 21.3 Å². The Morgan fingerprint density at radius 1 is 1.28 bits per heavy atom. The van der Waals surface area contributed by atoms with E-state index in [1.165, 1.54) is 5.56 Å². The molecular formula is C15H25NOS. The van der Waals surface area contributed by atoms with Gasteiger partial charge in [0.15, 0.2) is 0 Å². The van der Waals surface area contributed by atoms with Gasteiger partial charge in [0.25, 0.3) is 0 Å². The van der Waals surface area contributed by atoms with Gasteiger partial charge in [-0.3, -0.25) is 0 Å². The minimum absolute atomic E-state index is 0.650. The predicted molar refractivity (Wildman–Crippen MR) is 81.2 cm³/mol. The summed E-state index contributed by atoms with van der Waals surface area (Å²) < 4.78 is 5.30. The van der Waals surface area contributed by atoms with Crippen LogP contribution in [0.2, 0.25) is 0 Å². The van der Waals surface area contributed by atoms with Gasteiger partial charge in [0.2, 0.25) is 0 Å². The third kappa shape index (κ3) is 7.75. The van der Waals surface area contributed by atoms with Crippen LogP contribution in [0.25, 0.3) is 0 Å². The molecule has 1 aromatic rings. The molecule has 1 unspecified atom stereocenters. The van der Waals surface area contributed by atoms with Crippen molar-refractivity contribution in [3.63, 3.8) is 0 Å². The van der Waals surface area contributed by atoms with Crippen LogP contribution in [0.4, 0.5) is 0 Å². The molecule has 102 valence electrons. The molecule has 0 amide bonds. The highest BCUT2D eigenvalue weighted by atomic mass is 32.2. The lowest BCUT2D eigenvalue weighted by molar-refractivity contribution is 0.145. The average molecular weight is 267 g/mol. The summed E-state index contributed by atoms with van der Waals surface area (Å²) in [6, 6.07) is 10.7. The Labute approximate surface area is 116 Å². The van der Waals surface area contributed by atoms with Gasteiger partial charge in [-0.05, 0) is 25.5 Å². The Kier molecular flexibility index (Phi) is 9.00. The Morgan fingerprint density at radius 3 is 2.78 bits per heavy atom. The molecule has 3 heteroatoms. The fourth-order valence-electron chi connectivity index (χ4n) is 1.62. The summed E-state index contributed by atoms with van der Waals surface area (Å²) in [5.74, 6) is 1.10. The van der Waals surface area contributed by atoms with E-state index in [1.807, 2.05) is 18.7 Å². The zero-order valence-electron chi connectivity index (χ0n) is 11.5. The van der Waals surface area contributed by atoms with Crippen molar-refractivity contribution in [3.8, 4) is 0 Å². The first-order valence-electron chi connectivity index (χ1n) is 6.77. The van der Waals surface area contributed by atoms with Crippen molar-refractivity contribution in [1.82, 2.24) is 5.32 Å². The number of rotatable bonds is 10. The third-order valence-corrected chi connectivity index (χ3v) is 3.89. The van der Waals surface area contributed by atoms with Crippen molar-refractivity contribution in [2.45, 2.75) is 31.3 Å². The maximum Gasteiger partial charge on any atom is 0.0477 e. The third-order valence-electron chi connectivity index (χ3n) is 2.66.